The molecule has 6 nitrogen and oxygen atoms in total. The molecule has 0 unspecified atom stereocenters. The lowest BCUT2D eigenvalue weighted by Gasteiger charge is -2.32. The van der Waals surface area contributed by atoms with Gasteiger partial charge in [0.25, 0.3) is 5.91 Å². The largest absolute Gasteiger partial charge is 0.494 e. The van der Waals surface area contributed by atoms with E-state index in [4.69, 9.17) is 9.15 Å². The predicted octanol–water partition coefficient (Wildman–Crippen LogP) is 5.43. The molecule has 172 valence electrons. The van der Waals surface area contributed by atoms with Crippen molar-refractivity contribution in [1.82, 2.24) is 5.32 Å². The molecule has 1 N–H and O–H groups in total. The van der Waals surface area contributed by atoms with E-state index < -0.39 is 6.04 Å². The van der Waals surface area contributed by atoms with Gasteiger partial charge in [0.05, 0.1) is 12.9 Å². The Bertz CT molecular complexity index is 1070. The van der Waals surface area contributed by atoms with E-state index in [9.17, 15) is 9.59 Å². The van der Waals surface area contributed by atoms with Crippen LogP contribution in [-0.2, 0) is 4.79 Å². The van der Waals surface area contributed by atoms with Crippen LogP contribution in [0.1, 0.15) is 60.3 Å². The first-order valence-corrected chi connectivity index (χ1v) is 11.5. The molecule has 0 aliphatic heterocycles. The summed E-state index contributed by atoms with van der Waals surface area (Å²) in [5.74, 6) is 0.336. The summed E-state index contributed by atoms with van der Waals surface area (Å²) >= 11 is 0. The van der Waals surface area contributed by atoms with Gasteiger partial charge in [-0.1, -0.05) is 43.2 Å². The van der Waals surface area contributed by atoms with Gasteiger partial charge in [-0.15, -0.1) is 0 Å². The Kier molecular flexibility index (Phi) is 7.13. The van der Waals surface area contributed by atoms with Gasteiger partial charge in [0, 0.05) is 11.7 Å². The van der Waals surface area contributed by atoms with Crippen molar-refractivity contribution < 1.29 is 18.7 Å². The molecule has 0 spiro atoms. The average molecular weight is 447 g/mol. The first-order valence-electron chi connectivity index (χ1n) is 11.5. The minimum atomic E-state index is -0.861. The molecule has 1 saturated carbocycles. The number of benzene rings is 2. The summed E-state index contributed by atoms with van der Waals surface area (Å²) in [6.45, 7) is 4.41. The highest BCUT2D eigenvalue weighted by Gasteiger charge is 2.36. The Morgan fingerprint density at radius 3 is 2.42 bits per heavy atom. The summed E-state index contributed by atoms with van der Waals surface area (Å²) in [6.07, 6.45) is 5.58. The zero-order chi connectivity index (χ0) is 23.2. The fourth-order valence-corrected chi connectivity index (χ4v) is 4.40. The number of rotatable bonds is 8. The van der Waals surface area contributed by atoms with Crippen LogP contribution in [0.3, 0.4) is 0 Å². The minimum Gasteiger partial charge on any atom is -0.494 e. The van der Waals surface area contributed by atoms with Crippen molar-refractivity contribution in [3.05, 3.63) is 83.8 Å². The molecule has 1 fully saturated rings. The molecule has 1 aliphatic rings. The number of para-hydroxylation sites is 1. The quantitative estimate of drug-likeness (QED) is 0.501. The fraction of sp³-hybridized carbons (Fsp3) is 0.333. The SMILES string of the molecule is CCOc1ccc([C@H](C(=O)NC2CCCC2)N(C(=O)c2ccco2)c2ccccc2C)cc1. The van der Waals surface area contributed by atoms with Crippen LogP contribution in [-0.4, -0.2) is 24.5 Å². The predicted molar refractivity (Wildman–Crippen MR) is 127 cm³/mol. The topological polar surface area (TPSA) is 71.8 Å². The zero-order valence-electron chi connectivity index (χ0n) is 19.1. The Labute approximate surface area is 194 Å². The van der Waals surface area contributed by atoms with Crippen molar-refractivity contribution in [2.24, 2.45) is 0 Å². The van der Waals surface area contributed by atoms with Crippen LogP contribution < -0.4 is 15.0 Å². The van der Waals surface area contributed by atoms with Crippen molar-refractivity contribution in [1.29, 1.82) is 0 Å². The molecule has 33 heavy (non-hydrogen) atoms. The monoisotopic (exact) mass is 446 g/mol. The summed E-state index contributed by atoms with van der Waals surface area (Å²) in [5.41, 5.74) is 2.26. The Morgan fingerprint density at radius 1 is 1.06 bits per heavy atom. The van der Waals surface area contributed by atoms with E-state index >= 15 is 0 Å². The number of nitrogens with one attached hydrogen (secondary N) is 1. The highest BCUT2D eigenvalue weighted by molar-refractivity contribution is 6.09. The number of amides is 2. The van der Waals surface area contributed by atoms with E-state index in [-0.39, 0.29) is 23.6 Å². The van der Waals surface area contributed by atoms with Gasteiger partial charge in [0.1, 0.15) is 11.8 Å². The van der Waals surface area contributed by atoms with Gasteiger partial charge in [0.15, 0.2) is 5.76 Å². The van der Waals surface area contributed by atoms with E-state index in [0.29, 0.717) is 17.9 Å². The fourth-order valence-electron chi connectivity index (χ4n) is 4.40. The third kappa shape index (κ3) is 5.11. The van der Waals surface area contributed by atoms with Gasteiger partial charge < -0.3 is 14.5 Å². The number of ether oxygens (including phenoxy) is 1. The van der Waals surface area contributed by atoms with E-state index in [0.717, 1.165) is 37.0 Å². The molecule has 4 rings (SSSR count). The average Bonchev–Trinajstić information content (AvgIpc) is 3.53. The number of carbonyl (C=O) groups is 2. The summed E-state index contributed by atoms with van der Waals surface area (Å²) in [7, 11) is 0. The van der Waals surface area contributed by atoms with Crippen molar-refractivity contribution >= 4 is 17.5 Å². The maximum Gasteiger partial charge on any atom is 0.294 e. The van der Waals surface area contributed by atoms with Crippen LogP contribution in [0.2, 0.25) is 0 Å². The first kappa shape index (κ1) is 22.6. The summed E-state index contributed by atoms with van der Waals surface area (Å²) < 4.78 is 11.0. The molecule has 3 aromatic rings. The van der Waals surface area contributed by atoms with Gasteiger partial charge in [-0.2, -0.15) is 0 Å². The number of carbonyl (C=O) groups excluding carboxylic acids is 2. The second-order valence-electron chi connectivity index (χ2n) is 8.33. The van der Waals surface area contributed by atoms with E-state index in [1.54, 1.807) is 17.0 Å². The Balaban J connectivity index is 1.80. The van der Waals surface area contributed by atoms with Crippen molar-refractivity contribution in [3.63, 3.8) is 0 Å². The number of aryl methyl sites for hydroxylation is 1. The summed E-state index contributed by atoms with van der Waals surface area (Å²) in [5, 5.41) is 3.19. The maximum atomic E-state index is 13.7. The third-order valence-corrected chi connectivity index (χ3v) is 6.04. The number of nitrogens with zero attached hydrogens (tertiary/aromatic N) is 1. The first-order chi connectivity index (χ1) is 16.1. The van der Waals surface area contributed by atoms with Gasteiger partial charge >= 0.3 is 0 Å². The standard InChI is InChI=1S/C27H30N2O4/c1-3-32-22-16-14-20(15-17-22)25(26(30)28-21-10-5-6-11-21)29(23-12-7-4-9-19(23)2)27(31)24-13-8-18-33-24/h4,7-9,12-18,21,25H,3,5-6,10-11H2,1-2H3,(H,28,30)/t25-/m1/s1. The molecule has 0 saturated heterocycles. The third-order valence-electron chi connectivity index (χ3n) is 6.04. The molecule has 6 heteroatoms. The van der Waals surface area contributed by atoms with Crippen LogP contribution in [0, 0.1) is 6.92 Å². The van der Waals surface area contributed by atoms with Crippen LogP contribution in [0.4, 0.5) is 5.69 Å². The second kappa shape index (κ2) is 10.4. The Morgan fingerprint density at radius 2 is 1.79 bits per heavy atom. The number of furan rings is 1. The van der Waals surface area contributed by atoms with Crippen molar-refractivity contribution in [2.75, 3.05) is 11.5 Å². The Hall–Kier alpha value is -3.54. The number of hydrogen-bond acceptors (Lipinski definition) is 4. The lowest BCUT2D eigenvalue weighted by molar-refractivity contribution is -0.123. The molecular formula is C27H30N2O4. The molecule has 1 aliphatic carbocycles. The smallest absolute Gasteiger partial charge is 0.294 e. The van der Waals surface area contributed by atoms with Crippen LogP contribution >= 0.6 is 0 Å². The molecule has 1 heterocycles. The van der Waals surface area contributed by atoms with Crippen molar-refractivity contribution in [2.45, 2.75) is 51.6 Å². The van der Waals surface area contributed by atoms with Gasteiger partial charge in [0.2, 0.25) is 5.91 Å². The highest BCUT2D eigenvalue weighted by atomic mass is 16.5. The van der Waals surface area contributed by atoms with Gasteiger partial charge in [-0.25, -0.2) is 0 Å². The second-order valence-corrected chi connectivity index (χ2v) is 8.33. The maximum absolute atomic E-state index is 13.7. The lowest BCUT2D eigenvalue weighted by atomic mass is 10.0. The van der Waals surface area contributed by atoms with Crippen molar-refractivity contribution in [3.8, 4) is 5.75 Å². The summed E-state index contributed by atoms with van der Waals surface area (Å²) in [4.78, 5) is 29.0. The summed E-state index contributed by atoms with van der Waals surface area (Å²) in [6, 6.07) is 17.5. The molecule has 0 bridgehead atoms. The van der Waals surface area contributed by atoms with E-state index in [2.05, 4.69) is 5.32 Å². The number of anilines is 1. The normalized spacial score (nSPS) is 14.6. The molecule has 1 aromatic heterocycles. The van der Waals surface area contributed by atoms with E-state index in [1.807, 2.05) is 62.4 Å². The molecule has 0 radical (unpaired) electrons. The lowest BCUT2D eigenvalue weighted by Crippen LogP contribution is -2.46. The highest BCUT2D eigenvalue weighted by Crippen LogP contribution is 2.33. The van der Waals surface area contributed by atoms with Crippen LogP contribution in [0.5, 0.6) is 5.75 Å². The molecular weight excluding hydrogens is 416 g/mol. The molecule has 2 aromatic carbocycles. The molecule has 2 amide bonds. The van der Waals surface area contributed by atoms with Gasteiger partial charge in [-0.05, 0) is 68.1 Å². The van der Waals surface area contributed by atoms with Gasteiger partial charge in [-0.3, -0.25) is 14.5 Å². The van der Waals surface area contributed by atoms with Crippen LogP contribution in [0.15, 0.2) is 71.3 Å². The molecule has 1 atom stereocenters. The zero-order valence-corrected chi connectivity index (χ0v) is 19.1. The van der Waals surface area contributed by atoms with E-state index in [1.165, 1.54) is 6.26 Å². The van der Waals surface area contributed by atoms with Crippen LogP contribution in [0.25, 0.3) is 0 Å². The number of hydrogen-bond donors (Lipinski definition) is 1. The minimum absolute atomic E-state index is 0.125.